The maximum absolute atomic E-state index is 16.0. The van der Waals surface area contributed by atoms with Gasteiger partial charge < -0.3 is 44.3 Å². The summed E-state index contributed by atoms with van der Waals surface area (Å²) in [6, 6.07) is 1.33. The number of aliphatic hydroxyl groups is 1. The second-order valence-corrected chi connectivity index (χ2v) is 20.7. The van der Waals surface area contributed by atoms with Crippen LogP contribution in [0.1, 0.15) is 103 Å². The number of carboxylic acids is 2. The number of aliphatic carboxylic acids is 2. The van der Waals surface area contributed by atoms with Gasteiger partial charge in [0.1, 0.15) is 17.9 Å². The van der Waals surface area contributed by atoms with Crippen molar-refractivity contribution in [3.63, 3.8) is 0 Å². The van der Waals surface area contributed by atoms with Crippen molar-refractivity contribution in [2.45, 2.75) is 105 Å². The second kappa shape index (κ2) is 19.4. The predicted octanol–water partition coefficient (Wildman–Crippen LogP) is 5.82. The molecular formula is C51H64FN3O13. The molecular weight excluding hydrogens is 882 g/mol. The number of aromatic nitrogens is 1. The van der Waals surface area contributed by atoms with Gasteiger partial charge in [-0.25, -0.2) is 18.8 Å². The molecule has 16 nitrogen and oxygen atoms in total. The fourth-order valence-corrected chi connectivity index (χ4v) is 12.0. The zero-order valence-electron chi connectivity index (χ0n) is 39.8. The van der Waals surface area contributed by atoms with Crippen molar-refractivity contribution in [1.82, 2.24) is 9.88 Å². The quantitative estimate of drug-likeness (QED) is 0.137. The van der Waals surface area contributed by atoms with E-state index in [0.717, 1.165) is 37.7 Å². The molecule has 0 radical (unpaired) electrons. The van der Waals surface area contributed by atoms with Crippen molar-refractivity contribution in [1.29, 1.82) is 0 Å². The van der Waals surface area contributed by atoms with Crippen LogP contribution in [0.4, 0.5) is 10.1 Å². The van der Waals surface area contributed by atoms with Crippen LogP contribution in [0.5, 0.6) is 5.75 Å². The first-order valence-corrected chi connectivity index (χ1v) is 23.6. The Morgan fingerprint density at radius 3 is 2.35 bits per heavy atom. The Morgan fingerprint density at radius 2 is 1.72 bits per heavy atom. The third-order valence-electron chi connectivity index (χ3n) is 16.0. The number of carbonyl (C=O) groups excluding carboxylic acids is 4. The highest BCUT2D eigenvalue weighted by Crippen LogP contribution is 2.66. The van der Waals surface area contributed by atoms with E-state index in [1.165, 1.54) is 19.4 Å². The van der Waals surface area contributed by atoms with E-state index in [1.54, 1.807) is 32.9 Å². The number of benzene rings is 1. The number of halogens is 1. The minimum absolute atomic E-state index is 0.00364. The van der Waals surface area contributed by atoms with Crippen molar-refractivity contribution in [2.24, 2.45) is 45.8 Å². The van der Waals surface area contributed by atoms with Crippen LogP contribution in [0, 0.1) is 51.7 Å². The predicted molar refractivity (Wildman–Crippen MR) is 248 cm³/mol. The number of nitrogens with zero attached hydrogens (tertiary/aromatic N) is 2. The van der Waals surface area contributed by atoms with Crippen LogP contribution in [-0.4, -0.2) is 107 Å². The lowest BCUT2D eigenvalue weighted by atomic mass is 9.46. The molecule has 9 atom stereocenters. The van der Waals surface area contributed by atoms with Crippen molar-refractivity contribution in [3.05, 3.63) is 69.8 Å². The summed E-state index contributed by atoms with van der Waals surface area (Å²) in [6.45, 7) is 12.6. The number of nitrogens with one attached hydrogen (secondary N) is 1. The van der Waals surface area contributed by atoms with Crippen LogP contribution < -0.4 is 20.4 Å². The summed E-state index contributed by atoms with van der Waals surface area (Å²) >= 11 is 0. The van der Waals surface area contributed by atoms with Gasteiger partial charge in [0.25, 0.3) is 0 Å². The number of carbonyl (C=O) groups is 6. The average molecular weight is 946 g/mol. The number of fused-ring (bicyclic) bond motifs is 6. The largest absolute Gasteiger partial charge is 0.492 e. The Hall–Kier alpha value is -5.68. The number of hydrogen-bond acceptors (Lipinski definition) is 13. The minimum atomic E-state index is -1.26. The lowest BCUT2D eigenvalue weighted by Crippen LogP contribution is -2.56. The molecule has 2 aromatic rings. The van der Waals surface area contributed by atoms with E-state index in [-0.39, 0.29) is 76.0 Å². The molecule has 4 saturated carbocycles. The third-order valence-corrected chi connectivity index (χ3v) is 16.0. The molecule has 0 spiro atoms. The van der Waals surface area contributed by atoms with Gasteiger partial charge in [0.05, 0.1) is 36.6 Å². The fraction of sp³-hybridized carbons (Fsp3) is 0.588. The van der Waals surface area contributed by atoms with E-state index < -0.39 is 64.6 Å². The van der Waals surface area contributed by atoms with E-state index in [4.69, 9.17) is 24.4 Å². The summed E-state index contributed by atoms with van der Waals surface area (Å²) in [7, 11) is 1.46. The number of esters is 2. The number of ether oxygens (including phenoxy) is 3. The van der Waals surface area contributed by atoms with Crippen LogP contribution in [0.15, 0.2) is 53.0 Å². The summed E-state index contributed by atoms with van der Waals surface area (Å²) < 4.78 is 35.0. The molecule has 1 aromatic carbocycles. The number of hydrogen-bond donors (Lipinski definition) is 4. The van der Waals surface area contributed by atoms with Crippen LogP contribution >= 0.6 is 0 Å². The highest BCUT2D eigenvalue weighted by atomic mass is 19.1. The van der Waals surface area contributed by atoms with Crippen LogP contribution in [-0.2, 0) is 33.4 Å². The maximum atomic E-state index is 16.0. The van der Waals surface area contributed by atoms with Gasteiger partial charge in [0, 0.05) is 72.7 Å². The molecule has 8 unspecified atom stereocenters. The van der Waals surface area contributed by atoms with E-state index in [9.17, 15) is 38.7 Å². The van der Waals surface area contributed by atoms with Crippen molar-refractivity contribution in [3.8, 4) is 5.75 Å². The Kier molecular flexibility index (Phi) is 14.3. The number of ketones is 2. The lowest BCUT2D eigenvalue weighted by molar-refractivity contribution is -0.159. The van der Waals surface area contributed by atoms with E-state index in [2.05, 4.69) is 19.2 Å². The fourth-order valence-electron chi connectivity index (χ4n) is 12.0. The topological polar surface area (TPSA) is 228 Å². The van der Waals surface area contributed by atoms with E-state index >= 15 is 4.39 Å². The molecule has 1 aliphatic heterocycles. The summed E-state index contributed by atoms with van der Waals surface area (Å²) in [5.74, 6) is -5.27. The number of rotatable bonds is 13. The standard InChI is InChI=1S/C47H60FN3O9.C4H4O4/c1-25-21-50(17-16-49-25)40-35(48)19-31-39(42(40)58-7)51(28-9-10-28)22-32(41(31)55)44(57)60-24-45(3,4)26(2)43(56)59-23-37(54)34-13-12-33-30-11-8-27-18-29(52)14-15-46(27,5)38(30)36(53)20-47(33,34)6;5-3(6)1-2-4(7)8/h14-15,18-19,22,25-26,28,30,33-34,36,38,49,53H,8-13,16-17,20-21,23-24H2,1-7H3;1-2H,(H,5,6)(H,7,8)/b;2-1+/t25?,26?,30?,33?,34-,36?,38?,46?,47?;/m1./s1. The first-order valence-electron chi connectivity index (χ1n) is 23.6. The zero-order valence-corrected chi connectivity index (χ0v) is 39.8. The summed E-state index contributed by atoms with van der Waals surface area (Å²) in [4.78, 5) is 88.2. The Bertz CT molecular complexity index is 2530. The summed E-state index contributed by atoms with van der Waals surface area (Å²) in [5.41, 5.74) is -0.859. The molecule has 1 saturated heterocycles. The molecule has 8 rings (SSSR count). The highest BCUT2D eigenvalue weighted by Gasteiger charge is 2.62. The second-order valence-electron chi connectivity index (χ2n) is 20.7. The Balaban J connectivity index is 0.000000785. The number of piperazine rings is 1. The number of Topliss-reactive ketones (excluding diaryl/α,β-unsaturated/α-hetero) is 1. The van der Waals surface area contributed by atoms with Crippen LogP contribution in [0.25, 0.3) is 10.9 Å². The van der Waals surface area contributed by atoms with Gasteiger partial charge in [-0.2, -0.15) is 0 Å². The smallest absolute Gasteiger partial charge is 0.343 e. The number of aliphatic hydroxyl groups excluding tert-OH is 1. The molecule has 4 N–H and O–H groups in total. The molecule has 17 heteroatoms. The molecule has 1 aromatic heterocycles. The SMILES string of the molecule is COc1c(N2CCNC(C)C2)c(F)cc2c(=O)c(C(=O)OCC(C)(C)C(C)C(=O)OCC(=O)[C@H]3CCC4C5CCC6=CC(=O)C=CC6(C)C5C(O)CC43C)cn(C3CC3)c12.O=C(O)/C=C/C(=O)O. The number of carboxylic acid groups (broad SMARTS) is 2. The molecule has 6 aliphatic rings. The molecule has 68 heavy (non-hydrogen) atoms. The monoisotopic (exact) mass is 945 g/mol. The van der Waals surface area contributed by atoms with Gasteiger partial charge in [-0.3, -0.25) is 19.2 Å². The molecule has 5 aliphatic carbocycles. The maximum Gasteiger partial charge on any atom is 0.343 e. The highest BCUT2D eigenvalue weighted by molar-refractivity contribution is 6.01. The van der Waals surface area contributed by atoms with Gasteiger partial charge >= 0.3 is 23.9 Å². The number of allylic oxidation sites excluding steroid dienone is 4. The van der Waals surface area contributed by atoms with Crippen molar-refractivity contribution < 1.29 is 62.7 Å². The summed E-state index contributed by atoms with van der Waals surface area (Å²) in [6.07, 6.45) is 12.6. The van der Waals surface area contributed by atoms with E-state index in [0.29, 0.717) is 55.8 Å². The molecule has 2 heterocycles. The molecule has 5 fully saturated rings. The van der Waals surface area contributed by atoms with Gasteiger partial charge in [0.15, 0.2) is 23.1 Å². The first-order chi connectivity index (χ1) is 32.0. The van der Waals surface area contributed by atoms with Gasteiger partial charge in [-0.15, -0.1) is 0 Å². The molecule has 0 bridgehead atoms. The third kappa shape index (κ3) is 9.65. The summed E-state index contributed by atoms with van der Waals surface area (Å²) in [5, 5.41) is 30.7. The first kappa shape index (κ1) is 50.2. The number of anilines is 1. The van der Waals surface area contributed by atoms with E-state index in [1.807, 2.05) is 22.5 Å². The Labute approximate surface area is 394 Å². The van der Waals surface area contributed by atoms with Crippen LogP contribution in [0.2, 0.25) is 0 Å². The number of pyridine rings is 1. The molecule has 0 amide bonds. The van der Waals surface area contributed by atoms with Crippen LogP contribution in [0.3, 0.4) is 0 Å². The Morgan fingerprint density at radius 1 is 1.03 bits per heavy atom. The van der Waals surface area contributed by atoms with Gasteiger partial charge in [-0.1, -0.05) is 46.3 Å². The lowest BCUT2D eigenvalue weighted by Gasteiger charge is -2.58. The van der Waals surface area contributed by atoms with Gasteiger partial charge in [0.2, 0.25) is 5.43 Å². The van der Waals surface area contributed by atoms with Gasteiger partial charge in [-0.05, 0) is 87.3 Å². The van der Waals surface area contributed by atoms with Crippen molar-refractivity contribution >= 4 is 52.0 Å². The minimum Gasteiger partial charge on any atom is -0.492 e. The average Bonchev–Trinajstić information content (AvgIpc) is 4.07. The van der Waals surface area contributed by atoms with Crippen molar-refractivity contribution in [2.75, 3.05) is 44.9 Å². The molecule has 368 valence electrons. The zero-order chi connectivity index (χ0) is 49.6. The number of methoxy groups -OCH3 is 1. The normalized spacial score (nSPS) is 29.2.